The van der Waals surface area contributed by atoms with Gasteiger partial charge in [0, 0.05) is 6.26 Å². The van der Waals surface area contributed by atoms with Crippen LogP contribution in [0.1, 0.15) is 30.0 Å². The number of sulfone groups is 1. The molecule has 0 radical (unpaired) electrons. The molecule has 154 valence electrons. The molecule has 0 unspecified atom stereocenters. The van der Waals surface area contributed by atoms with Gasteiger partial charge >= 0.3 is 0 Å². The van der Waals surface area contributed by atoms with E-state index in [1.807, 2.05) is 6.92 Å². The molecule has 0 aliphatic rings. The monoisotopic (exact) mass is 438 g/mol. The van der Waals surface area contributed by atoms with Crippen LogP contribution in [0.4, 0.5) is 10.2 Å². The summed E-state index contributed by atoms with van der Waals surface area (Å²) in [5.41, 5.74) is 0.989. The number of anilines is 1. The Labute approximate surface area is 173 Å². The van der Waals surface area contributed by atoms with E-state index >= 15 is 0 Å². The van der Waals surface area contributed by atoms with Gasteiger partial charge in [0.2, 0.25) is 0 Å². The van der Waals surface area contributed by atoms with Crippen molar-refractivity contribution in [1.82, 2.24) is 15.0 Å². The highest BCUT2D eigenvalue weighted by molar-refractivity contribution is 7.90. The van der Waals surface area contributed by atoms with Gasteiger partial charge < -0.3 is 15.0 Å². The number of aromatic amines is 1. The zero-order valence-corrected chi connectivity index (χ0v) is 17.6. The van der Waals surface area contributed by atoms with Crippen molar-refractivity contribution < 1.29 is 17.5 Å². The van der Waals surface area contributed by atoms with Gasteiger partial charge in [-0.2, -0.15) is 0 Å². The fourth-order valence-electron chi connectivity index (χ4n) is 2.83. The Morgan fingerprint density at radius 2 is 2.07 bits per heavy atom. The summed E-state index contributed by atoms with van der Waals surface area (Å²) in [6.45, 7) is 4.01. The lowest BCUT2D eigenvalue weighted by atomic mass is 10.1. The summed E-state index contributed by atoms with van der Waals surface area (Å²) in [6, 6.07) is 7.07. The molecule has 2 N–H and O–H groups in total. The number of aryl methyl sites for hydroxylation is 1. The van der Waals surface area contributed by atoms with Gasteiger partial charge in [0.1, 0.15) is 29.3 Å². The highest BCUT2D eigenvalue weighted by atomic mass is 35.5. The molecule has 29 heavy (non-hydrogen) atoms. The Kier molecular flexibility index (Phi) is 6.09. The van der Waals surface area contributed by atoms with Crippen LogP contribution in [0.3, 0.4) is 0 Å². The highest BCUT2D eigenvalue weighted by Gasteiger charge is 2.24. The minimum Gasteiger partial charge on any atom is -0.492 e. The minimum absolute atomic E-state index is 0.0489. The first kappa shape index (κ1) is 21.1. The predicted molar refractivity (Wildman–Crippen MR) is 109 cm³/mol. The molecule has 0 aliphatic carbocycles. The number of benzene rings is 1. The van der Waals surface area contributed by atoms with Crippen molar-refractivity contribution in [2.45, 2.75) is 24.9 Å². The van der Waals surface area contributed by atoms with Crippen LogP contribution in [-0.2, 0) is 9.84 Å². The number of rotatable bonds is 7. The molecule has 0 saturated carbocycles. The standard InChI is InChI=1S/C19H20ClFN4O3S/c1-4-28-13-6-8-16(22-10-13)24-17(12-5-7-15(21)14(20)9-12)18-23-11(2)19(25-18)29(3,26)27/h5-10,17H,4H2,1-3H3,(H,22,24)(H,23,25)/t17-/m1/s1. The van der Waals surface area contributed by atoms with Crippen LogP contribution in [0.2, 0.25) is 5.02 Å². The zero-order valence-electron chi connectivity index (χ0n) is 16.0. The summed E-state index contributed by atoms with van der Waals surface area (Å²) < 4.78 is 43.0. The van der Waals surface area contributed by atoms with Gasteiger partial charge in [-0.05, 0) is 43.7 Å². The number of aromatic nitrogens is 3. The molecule has 2 heterocycles. The van der Waals surface area contributed by atoms with E-state index in [9.17, 15) is 12.8 Å². The summed E-state index contributed by atoms with van der Waals surface area (Å²) >= 11 is 5.95. The van der Waals surface area contributed by atoms with E-state index in [4.69, 9.17) is 16.3 Å². The second kappa shape index (κ2) is 8.38. The number of pyridine rings is 1. The average molecular weight is 439 g/mol. The number of hydrogen-bond donors (Lipinski definition) is 2. The molecule has 1 atom stereocenters. The number of nitrogens with zero attached hydrogens (tertiary/aromatic N) is 2. The lowest BCUT2D eigenvalue weighted by molar-refractivity contribution is 0.339. The second-order valence-corrected chi connectivity index (χ2v) is 8.73. The first-order valence-corrected chi connectivity index (χ1v) is 11.0. The lowest BCUT2D eigenvalue weighted by Crippen LogP contribution is -2.15. The number of halogens is 2. The predicted octanol–water partition coefficient (Wildman–Crippen LogP) is 3.91. The summed E-state index contributed by atoms with van der Waals surface area (Å²) in [5, 5.41) is 3.08. The van der Waals surface area contributed by atoms with Crippen LogP contribution in [-0.4, -0.2) is 36.2 Å². The van der Waals surface area contributed by atoms with E-state index in [0.29, 0.717) is 35.3 Å². The molecule has 3 rings (SSSR count). The van der Waals surface area contributed by atoms with Gasteiger partial charge in [-0.25, -0.2) is 22.8 Å². The van der Waals surface area contributed by atoms with Crippen LogP contribution in [0.5, 0.6) is 5.75 Å². The van der Waals surface area contributed by atoms with Crippen molar-refractivity contribution in [2.24, 2.45) is 0 Å². The third kappa shape index (κ3) is 4.86. The fourth-order valence-corrected chi connectivity index (χ4v) is 3.89. The number of ether oxygens (including phenoxy) is 1. The van der Waals surface area contributed by atoms with Crippen molar-refractivity contribution in [3.63, 3.8) is 0 Å². The molecule has 2 aromatic heterocycles. The summed E-state index contributed by atoms with van der Waals surface area (Å²) in [6.07, 6.45) is 2.65. The fraction of sp³-hybridized carbons (Fsp3) is 0.263. The smallest absolute Gasteiger partial charge is 0.194 e. The quantitative estimate of drug-likeness (QED) is 0.580. The van der Waals surface area contributed by atoms with Gasteiger partial charge in [-0.3, -0.25) is 0 Å². The molecular weight excluding hydrogens is 419 g/mol. The molecule has 0 saturated heterocycles. The first-order valence-electron chi connectivity index (χ1n) is 8.76. The summed E-state index contributed by atoms with van der Waals surface area (Å²) in [5.74, 6) is 0.892. The molecule has 10 heteroatoms. The maximum absolute atomic E-state index is 13.7. The maximum Gasteiger partial charge on any atom is 0.194 e. The number of nitrogens with one attached hydrogen (secondary N) is 2. The minimum atomic E-state index is -3.52. The SMILES string of the molecule is CCOc1ccc(N[C@H](c2ccc(F)c(Cl)c2)c2nc(S(C)(=O)=O)c(C)[nH]2)nc1. The number of hydrogen-bond acceptors (Lipinski definition) is 6. The van der Waals surface area contributed by atoms with Crippen molar-refractivity contribution in [2.75, 3.05) is 18.2 Å². The zero-order chi connectivity index (χ0) is 21.2. The van der Waals surface area contributed by atoms with Gasteiger partial charge in [-0.15, -0.1) is 0 Å². The first-order chi connectivity index (χ1) is 13.7. The molecular formula is C19H20ClFN4O3S. The van der Waals surface area contributed by atoms with Crippen LogP contribution < -0.4 is 10.1 Å². The van der Waals surface area contributed by atoms with E-state index in [0.717, 1.165) is 6.26 Å². The molecule has 0 spiro atoms. The van der Waals surface area contributed by atoms with Crippen molar-refractivity contribution >= 4 is 27.3 Å². The van der Waals surface area contributed by atoms with Gasteiger partial charge in [-0.1, -0.05) is 17.7 Å². The Bertz CT molecular complexity index is 1120. The van der Waals surface area contributed by atoms with Crippen LogP contribution in [0, 0.1) is 12.7 Å². The van der Waals surface area contributed by atoms with Crippen molar-refractivity contribution in [3.8, 4) is 5.75 Å². The molecule has 1 aromatic carbocycles. The Morgan fingerprint density at radius 1 is 1.31 bits per heavy atom. The molecule has 0 fully saturated rings. The highest BCUT2D eigenvalue weighted by Crippen LogP contribution is 2.29. The van der Waals surface area contributed by atoms with E-state index in [2.05, 4.69) is 20.3 Å². The molecule has 3 aromatic rings. The van der Waals surface area contributed by atoms with Crippen LogP contribution >= 0.6 is 11.6 Å². The Morgan fingerprint density at radius 3 is 2.62 bits per heavy atom. The van der Waals surface area contributed by atoms with Crippen LogP contribution in [0.25, 0.3) is 0 Å². The van der Waals surface area contributed by atoms with E-state index in [1.165, 1.54) is 12.1 Å². The number of imidazole rings is 1. The molecule has 0 amide bonds. The van der Waals surface area contributed by atoms with Crippen molar-refractivity contribution in [3.05, 3.63) is 64.5 Å². The van der Waals surface area contributed by atoms with Gasteiger partial charge in [0.05, 0.1) is 23.5 Å². The molecule has 0 bridgehead atoms. The third-order valence-electron chi connectivity index (χ3n) is 4.10. The summed E-state index contributed by atoms with van der Waals surface area (Å²) in [7, 11) is -3.52. The van der Waals surface area contributed by atoms with Crippen molar-refractivity contribution in [1.29, 1.82) is 0 Å². The van der Waals surface area contributed by atoms with Gasteiger partial charge in [0.25, 0.3) is 0 Å². The molecule has 7 nitrogen and oxygen atoms in total. The molecule has 0 aliphatic heterocycles. The topological polar surface area (TPSA) is 97.0 Å². The summed E-state index contributed by atoms with van der Waals surface area (Å²) in [4.78, 5) is 11.6. The lowest BCUT2D eigenvalue weighted by Gasteiger charge is -2.18. The normalized spacial score (nSPS) is 12.6. The Hall–Kier alpha value is -2.65. The van der Waals surface area contributed by atoms with E-state index < -0.39 is 21.7 Å². The van der Waals surface area contributed by atoms with E-state index in [-0.39, 0.29) is 10.0 Å². The van der Waals surface area contributed by atoms with Gasteiger partial charge in [0.15, 0.2) is 14.9 Å². The average Bonchev–Trinajstić information content (AvgIpc) is 3.05. The largest absolute Gasteiger partial charge is 0.492 e. The maximum atomic E-state index is 13.7. The Balaban J connectivity index is 2.03. The van der Waals surface area contributed by atoms with E-state index in [1.54, 1.807) is 31.3 Å². The second-order valence-electron chi connectivity index (χ2n) is 6.39. The number of H-pyrrole nitrogens is 1. The van der Waals surface area contributed by atoms with Crippen LogP contribution in [0.15, 0.2) is 41.6 Å². The third-order valence-corrected chi connectivity index (χ3v) is 5.49.